The van der Waals surface area contributed by atoms with E-state index in [1.165, 1.54) is 0 Å². The summed E-state index contributed by atoms with van der Waals surface area (Å²) >= 11 is 3.39. The minimum Gasteiger partial charge on any atom is -0.295 e. The van der Waals surface area contributed by atoms with E-state index in [-0.39, 0.29) is 11.8 Å². The molecule has 0 fully saturated rings. The zero-order chi connectivity index (χ0) is 13.7. The molecule has 1 N–H and O–H groups in total. The summed E-state index contributed by atoms with van der Waals surface area (Å²) in [6.07, 6.45) is 3.60. The van der Waals surface area contributed by atoms with Gasteiger partial charge in [0.25, 0.3) is 0 Å². The van der Waals surface area contributed by atoms with Crippen LogP contribution in [0.3, 0.4) is 0 Å². The normalized spacial score (nSPS) is 11.9. The molecule has 5 heteroatoms. The highest BCUT2D eigenvalue weighted by Crippen LogP contribution is 2.21. The summed E-state index contributed by atoms with van der Waals surface area (Å²) in [7, 11) is 0. The number of hydrogen-bond donors (Lipinski definition) is 1. The Hall–Kier alpha value is -1.75. The van der Waals surface area contributed by atoms with Gasteiger partial charge in [0.15, 0.2) is 0 Å². The van der Waals surface area contributed by atoms with E-state index in [2.05, 4.69) is 31.2 Å². The number of aromatic nitrogens is 2. The lowest BCUT2D eigenvalue weighted by molar-refractivity contribution is -0.116. The minimum absolute atomic E-state index is 0.0818. The lowest BCUT2D eigenvalue weighted by atomic mass is 9.98. The number of rotatable bonds is 4. The van der Waals surface area contributed by atoms with Crippen LogP contribution in [-0.2, 0) is 4.79 Å². The van der Waals surface area contributed by atoms with Crippen LogP contribution in [0.1, 0.15) is 24.8 Å². The summed E-state index contributed by atoms with van der Waals surface area (Å²) in [5.41, 5.74) is 1.13. The van der Waals surface area contributed by atoms with Crippen molar-refractivity contribution in [3.05, 3.63) is 52.8 Å². The van der Waals surface area contributed by atoms with Crippen molar-refractivity contribution in [2.45, 2.75) is 19.3 Å². The first-order valence-electron chi connectivity index (χ1n) is 5.97. The predicted molar refractivity (Wildman–Crippen MR) is 77.8 cm³/mol. The third-order valence-electron chi connectivity index (χ3n) is 2.75. The highest BCUT2D eigenvalue weighted by molar-refractivity contribution is 9.10. The van der Waals surface area contributed by atoms with Gasteiger partial charge in [-0.15, -0.1) is 0 Å². The number of anilines is 1. The average molecular weight is 320 g/mol. The monoisotopic (exact) mass is 319 g/mol. The molecule has 0 saturated heterocycles. The lowest BCUT2D eigenvalue weighted by Crippen LogP contribution is -2.16. The molecule has 1 amide bonds. The van der Waals surface area contributed by atoms with Gasteiger partial charge in [-0.25, -0.2) is 9.97 Å². The number of carbonyl (C=O) groups excluding carboxylic acids is 1. The Labute approximate surface area is 120 Å². The van der Waals surface area contributed by atoms with Crippen molar-refractivity contribution in [1.82, 2.24) is 9.97 Å². The molecule has 1 atom stereocenters. The summed E-state index contributed by atoms with van der Waals surface area (Å²) in [6.45, 7) is 2.02. The van der Waals surface area contributed by atoms with Gasteiger partial charge < -0.3 is 0 Å². The van der Waals surface area contributed by atoms with E-state index in [0.29, 0.717) is 12.4 Å². The molecule has 4 nitrogen and oxygen atoms in total. The van der Waals surface area contributed by atoms with Crippen molar-refractivity contribution in [2.24, 2.45) is 0 Å². The maximum atomic E-state index is 11.9. The zero-order valence-corrected chi connectivity index (χ0v) is 12.1. The highest BCUT2D eigenvalue weighted by atomic mass is 79.9. The van der Waals surface area contributed by atoms with E-state index >= 15 is 0 Å². The van der Waals surface area contributed by atoms with E-state index in [1.807, 2.05) is 31.2 Å². The average Bonchev–Trinajstić information content (AvgIpc) is 2.40. The quantitative estimate of drug-likeness (QED) is 0.940. The van der Waals surface area contributed by atoms with Crippen molar-refractivity contribution in [3.63, 3.8) is 0 Å². The molecule has 2 aromatic rings. The Kier molecular flexibility index (Phi) is 4.63. The predicted octanol–water partition coefficient (Wildman–Crippen LogP) is 3.37. The van der Waals surface area contributed by atoms with Crippen LogP contribution in [-0.4, -0.2) is 15.9 Å². The molecule has 0 radical (unpaired) electrons. The van der Waals surface area contributed by atoms with Crippen LogP contribution in [0.25, 0.3) is 0 Å². The highest BCUT2D eigenvalue weighted by Gasteiger charge is 2.12. The second kappa shape index (κ2) is 6.43. The van der Waals surface area contributed by atoms with Gasteiger partial charge in [0, 0.05) is 23.3 Å². The van der Waals surface area contributed by atoms with Crippen LogP contribution in [0.2, 0.25) is 0 Å². The number of hydrogen-bond acceptors (Lipinski definition) is 3. The lowest BCUT2D eigenvalue weighted by Gasteiger charge is -2.11. The molecular weight excluding hydrogens is 306 g/mol. The number of amides is 1. The molecule has 0 aliphatic carbocycles. The van der Waals surface area contributed by atoms with Crippen LogP contribution in [0.15, 0.2) is 47.2 Å². The Morgan fingerprint density at radius 2 is 1.89 bits per heavy atom. The first kappa shape index (κ1) is 13.7. The van der Waals surface area contributed by atoms with E-state index in [0.717, 1.165) is 10.0 Å². The number of nitrogens with one attached hydrogen (secondary N) is 1. The smallest absolute Gasteiger partial charge is 0.229 e. The second-order valence-electron chi connectivity index (χ2n) is 4.28. The standard InChI is InChI=1S/C14H14BrN3O/c1-10(11-3-5-12(15)6-4-11)9-13(19)18-14-16-7-2-8-17-14/h2-8,10H,9H2,1H3,(H,16,17,18,19)/t10-/m0/s1. The molecular formula is C14H14BrN3O. The molecule has 0 spiro atoms. The number of carbonyl (C=O) groups is 1. The Bertz CT molecular complexity index is 542. The molecule has 0 saturated carbocycles. The van der Waals surface area contributed by atoms with Crippen LogP contribution < -0.4 is 5.32 Å². The van der Waals surface area contributed by atoms with E-state index in [4.69, 9.17) is 0 Å². The van der Waals surface area contributed by atoms with Crippen molar-refractivity contribution >= 4 is 27.8 Å². The number of halogens is 1. The maximum Gasteiger partial charge on any atom is 0.229 e. The van der Waals surface area contributed by atoms with Gasteiger partial charge in [-0.3, -0.25) is 10.1 Å². The van der Waals surface area contributed by atoms with Gasteiger partial charge in [-0.2, -0.15) is 0 Å². The zero-order valence-electron chi connectivity index (χ0n) is 10.5. The Balaban J connectivity index is 1.93. The molecule has 98 valence electrons. The van der Waals surface area contributed by atoms with Crippen molar-refractivity contribution < 1.29 is 4.79 Å². The number of nitrogens with zero attached hydrogens (tertiary/aromatic N) is 2. The molecule has 1 aromatic heterocycles. The molecule has 1 heterocycles. The molecule has 0 aliphatic heterocycles. The molecule has 0 aliphatic rings. The van der Waals surface area contributed by atoms with Crippen LogP contribution >= 0.6 is 15.9 Å². The third kappa shape index (κ3) is 4.13. The minimum atomic E-state index is -0.0818. The summed E-state index contributed by atoms with van der Waals surface area (Å²) in [5.74, 6) is 0.411. The molecule has 1 aromatic carbocycles. The summed E-state index contributed by atoms with van der Waals surface area (Å²) in [6, 6.07) is 9.69. The fourth-order valence-corrected chi connectivity index (χ4v) is 1.99. The first-order valence-corrected chi connectivity index (χ1v) is 6.77. The fourth-order valence-electron chi connectivity index (χ4n) is 1.73. The summed E-state index contributed by atoms with van der Waals surface area (Å²) < 4.78 is 1.03. The topological polar surface area (TPSA) is 54.9 Å². The maximum absolute atomic E-state index is 11.9. The number of benzene rings is 1. The van der Waals surface area contributed by atoms with E-state index < -0.39 is 0 Å². The Morgan fingerprint density at radius 1 is 1.26 bits per heavy atom. The largest absolute Gasteiger partial charge is 0.295 e. The van der Waals surface area contributed by atoms with E-state index in [1.54, 1.807) is 18.5 Å². The van der Waals surface area contributed by atoms with Crippen molar-refractivity contribution in [3.8, 4) is 0 Å². The molecule has 0 unspecified atom stereocenters. The summed E-state index contributed by atoms with van der Waals surface area (Å²) in [4.78, 5) is 19.8. The van der Waals surface area contributed by atoms with Crippen LogP contribution in [0.5, 0.6) is 0 Å². The van der Waals surface area contributed by atoms with Gasteiger partial charge in [0.2, 0.25) is 11.9 Å². The Morgan fingerprint density at radius 3 is 2.53 bits per heavy atom. The van der Waals surface area contributed by atoms with E-state index in [9.17, 15) is 4.79 Å². The molecule has 2 rings (SSSR count). The summed E-state index contributed by atoms with van der Waals surface area (Å²) in [5, 5.41) is 2.68. The van der Waals surface area contributed by atoms with Crippen molar-refractivity contribution in [1.29, 1.82) is 0 Å². The molecule has 19 heavy (non-hydrogen) atoms. The third-order valence-corrected chi connectivity index (χ3v) is 3.28. The fraction of sp³-hybridized carbons (Fsp3) is 0.214. The van der Waals surface area contributed by atoms with Gasteiger partial charge in [-0.1, -0.05) is 35.0 Å². The first-order chi connectivity index (χ1) is 9.15. The van der Waals surface area contributed by atoms with Gasteiger partial charge in [0.05, 0.1) is 0 Å². The van der Waals surface area contributed by atoms with Gasteiger partial charge >= 0.3 is 0 Å². The van der Waals surface area contributed by atoms with Crippen LogP contribution in [0.4, 0.5) is 5.95 Å². The molecule has 0 bridgehead atoms. The van der Waals surface area contributed by atoms with Gasteiger partial charge in [-0.05, 0) is 29.7 Å². The SMILES string of the molecule is C[C@@H](CC(=O)Nc1ncccn1)c1ccc(Br)cc1. The van der Waals surface area contributed by atoms with Crippen LogP contribution in [0, 0.1) is 0 Å². The second-order valence-corrected chi connectivity index (χ2v) is 5.19. The van der Waals surface area contributed by atoms with Gasteiger partial charge in [0.1, 0.15) is 0 Å². The van der Waals surface area contributed by atoms with Crippen molar-refractivity contribution in [2.75, 3.05) is 5.32 Å².